The Kier molecular flexibility index (Phi) is 5.21. The highest BCUT2D eigenvalue weighted by molar-refractivity contribution is 5.97. The van der Waals surface area contributed by atoms with Crippen molar-refractivity contribution in [2.75, 3.05) is 0 Å². The second-order valence-electron chi connectivity index (χ2n) is 6.43. The molecule has 27 heavy (non-hydrogen) atoms. The van der Waals surface area contributed by atoms with E-state index in [1.165, 1.54) is 24.3 Å². The summed E-state index contributed by atoms with van der Waals surface area (Å²) in [5.41, 5.74) is 0.488. The molecule has 0 spiro atoms. The molecule has 0 saturated carbocycles. The van der Waals surface area contributed by atoms with Crippen LogP contribution in [0.25, 0.3) is 22.4 Å². The highest BCUT2D eigenvalue weighted by Gasteiger charge is 2.30. The number of alkyl halides is 3. The molecule has 0 unspecified atom stereocenters. The van der Waals surface area contributed by atoms with E-state index in [1.54, 1.807) is 0 Å². The Morgan fingerprint density at radius 2 is 1.93 bits per heavy atom. The Labute approximate surface area is 154 Å². The van der Waals surface area contributed by atoms with Crippen molar-refractivity contribution in [1.29, 1.82) is 0 Å². The normalized spacial score (nSPS) is 11.9. The quantitative estimate of drug-likeness (QED) is 0.427. The molecule has 142 valence electrons. The number of rotatable bonds is 6. The van der Waals surface area contributed by atoms with Gasteiger partial charge < -0.3 is 10.1 Å². The maximum Gasteiger partial charge on any atom is 0.416 e. The fourth-order valence-electron chi connectivity index (χ4n) is 2.89. The summed E-state index contributed by atoms with van der Waals surface area (Å²) in [7, 11) is 0. The minimum atomic E-state index is -4.45. The number of Topliss-reactive ketones (excluding diaryl/α,β-unsaturated/α-hetero) is 1. The van der Waals surface area contributed by atoms with Crippen molar-refractivity contribution >= 4 is 16.8 Å². The van der Waals surface area contributed by atoms with Crippen LogP contribution in [0.1, 0.15) is 48.5 Å². The highest BCUT2D eigenvalue weighted by atomic mass is 19.4. The molecule has 0 bridgehead atoms. The van der Waals surface area contributed by atoms with Crippen LogP contribution in [0, 0.1) is 0 Å². The van der Waals surface area contributed by atoms with Gasteiger partial charge in [0, 0.05) is 12.0 Å². The zero-order valence-electron chi connectivity index (χ0n) is 14.7. The zero-order valence-corrected chi connectivity index (χ0v) is 14.7. The molecule has 0 amide bonds. The summed E-state index contributed by atoms with van der Waals surface area (Å²) >= 11 is 0. The molecule has 1 heterocycles. The van der Waals surface area contributed by atoms with Crippen molar-refractivity contribution in [3.63, 3.8) is 0 Å². The molecule has 2 N–H and O–H groups in total. The summed E-state index contributed by atoms with van der Waals surface area (Å²) in [6.07, 6.45) is -1.29. The van der Waals surface area contributed by atoms with Crippen LogP contribution in [0.5, 0.6) is 5.75 Å². The fourth-order valence-corrected chi connectivity index (χ4v) is 2.89. The van der Waals surface area contributed by atoms with Crippen molar-refractivity contribution in [2.24, 2.45) is 0 Å². The maximum absolute atomic E-state index is 12.9. The molecule has 0 aliphatic heterocycles. The Morgan fingerprint density at radius 1 is 1.15 bits per heavy atom. The number of benzene rings is 2. The summed E-state index contributed by atoms with van der Waals surface area (Å²) < 4.78 is 38.6. The van der Waals surface area contributed by atoms with E-state index in [2.05, 4.69) is 16.9 Å². The van der Waals surface area contributed by atoms with E-state index >= 15 is 0 Å². The number of carbonyl (C=O) groups excluding carboxylic acids is 1. The van der Waals surface area contributed by atoms with Gasteiger partial charge in [-0.25, -0.2) is 4.98 Å². The van der Waals surface area contributed by atoms with Gasteiger partial charge in [0.1, 0.15) is 11.6 Å². The van der Waals surface area contributed by atoms with Gasteiger partial charge in [0.2, 0.25) is 0 Å². The zero-order chi connectivity index (χ0) is 19.6. The summed E-state index contributed by atoms with van der Waals surface area (Å²) in [4.78, 5) is 19.4. The number of hydrogen-bond acceptors (Lipinski definition) is 3. The number of phenols is 1. The predicted molar refractivity (Wildman–Crippen MR) is 96.7 cm³/mol. The van der Waals surface area contributed by atoms with E-state index in [1.807, 2.05) is 0 Å². The van der Waals surface area contributed by atoms with Crippen molar-refractivity contribution < 1.29 is 23.1 Å². The second-order valence-corrected chi connectivity index (χ2v) is 6.43. The van der Waals surface area contributed by atoms with Gasteiger partial charge in [0.05, 0.1) is 22.2 Å². The molecular weight excluding hydrogens is 357 g/mol. The van der Waals surface area contributed by atoms with Crippen molar-refractivity contribution in [3.8, 4) is 17.1 Å². The number of ketones is 1. The van der Waals surface area contributed by atoms with Gasteiger partial charge in [-0.3, -0.25) is 4.79 Å². The van der Waals surface area contributed by atoms with E-state index < -0.39 is 11.7 Å². The monoisotopic (exact) mass is 376 g/mol. The van der Waals surface area contributed by atoms with Gasteiger partial charge in [-0.15, -0.1) is 0 Å². The molecule has 0 saturated heterocycles. The van der Waals surface area contributed by atoms with Gasteiger partial charge in [0.15, 0.2) is 5.78 Å². The molecule has 1 aromatic heterocycles. The summed E-state index contributed by atoms with van der Waals surface area (Å²) in [6.45, 7) is 2.05. The van der Waals surface area contributed by atoms with E-state index in [0.29, 0.717) is 17.5 Å². The molecule has 3 rings (SSSR count). The molecule has 0 aliphatic rings. The maximum atomic E-state index is 12.9. The number of carbonyl (C=O) groups is 1. The minimum Gasteiger partial charge on any atom is -0.507 e. The standard InChI is InChI=1S/C20H19F3N2O2/c1-2-3-4-5-17(26)12-6-9-18(27)14(10-12)19-24-15-8-7-13(20(21,22)23)11-16(15)25-19/h6-11,27H,2-5H2,1H3,(H,24,25). The van der Waals surface area contributed by atoms with Crippen molar-refractivity contribution in [1.82, 2.24) is 9.97 Å². The third kappa shape index (κ3) is 4.13. The molecule has 4 nitrogen and oxygen atoms in total. The van der Waals surface area contributed by atoms with E-state index in [9.17, 15) is 23.1 Å². The van der Waals surface area contributed by atoms with Crippen LogP contribution in [-0.4, -0.2) is 20.9 Å². The number of nitrogens with one attached hydrogen (secondary N) is 1. The first-order chi connectivity index (χ1) is 12.8. The van der Waals surface area contributed by atoms with Gasteiger partial charge in [-0.2, -0.15) is 13.2 Å². The Bertz CT molecular complexity index is 977. The third-order valence-electron chi connectivity index (χ3n) is 4.39. The number of aromatic nitrogens is 2. The first-order valence-electron chi connectivity index (χ1n) is 8.73. The van der Waals surface area contributed by atoms with E-state index in [4.69, 9.17) is 0 Å². The minimum absolute atomic E-state index is 0.0415. The lowest BCUT2D eigenvalue weighted by molar-refractivity contribution is -0.137. The van der Waals surface area contributed by atoms with Crippen LogP contribution >= 0.6 is 0 Å². The van der Waals surface area contributed by atoms with Crippen LogP contribution in [0.2, 0.25) is 0 Å². The average molecular weight is 376 g/mol. The Morgan fingerprint density at radius 3 is 2.63 bits per heavy atom. The van der Waals surface area contributed by atoms with Crippen LogP contribution in [0.3, 0.4) is 0 Å². The summed E-state index contributed by atoms with van der Waals surface area (Å²) in [5.74, 6) is 0.0698. The lowest BCUT2D eigenvalue weighted by Crippen LogP contribution is -2.04. The number of H-pyrrole nitrogens is 1. The van der Waals surface area contributed by atoms with Crippen LogP contribution in [0.4, 0.5) is 13.2 Å². The molecule has 3 aromatic rings. The molecule has 0 radical (unpaired) electrons. The lowest BCUT2D eigenvalue weighted by atomic mass is 10.0. The third-order valence-corrected chi connectivity index (χ3v) is 4.39. The van der Waals surface area contributed by atoms with E-state index in [-0.39, 0.29) is 28.4 Å². The van der Waals surface area contributed by atoms with Crippen LogP contribution < -0.4 is 0 Å². The second kappa shape index (κ2) is 7.42. The molecule has 2 aromatic carbocycles. The molecular formula is C20H19F3N2O2. The fraction of sp³-hybridized carbons (Fsp3) is 0.300. The largest absolute Gasteiger partial charge is 0.507 e. The smallest absolute Gasteiger partial charge is 0.416 e. The van der Waals surface area contributed by atoms with Gasteiger partial charge in [-0.05, 0) is 42.8 Å². The number of hydrogen-bond donors (Lipinski definition) is 2. The number of aromatic amines is 1. The molecule has 0 aliphatic carbocycles. The first kappa shape index (κ1) is 18.9. The predicted octanol–water partition coefficient (Wildman–Crippen LogP) is 5.72. The topological polar surface area (TPSA) is 66.0 Å². The Hall–Kier alpha value is -2.83. The highest BCUT2D eigenvalue weighted by Crippen LogP contribution is 2.33. The SMILES string of the molecule is CCCCCC(=O)c1ccc(O)c(-c2nc3ccc(C(F)(F)F)cc3[nH]2)c1. The molecule has 0 fully saturated rings. The van der Waals surface area contributed by atoms with Gasteiger partial charge in [-0.1, -0.05) is 19.8 Å². The average Bonchev–Trinajstić information content (AvgIpc) is 3.04. The summed E-state index contributed by atoms with van der Waals surface area (Å²) in [6, 6.07) is 7.66. The van der Waals surface area contributed by atoms with Crippen LogP contribution in [-0.2, 0) is 6.18 Å². The van der Waals surface area contributed by atoms with Gasteiger partial charge >= 0.3 is 6.18 Å². The number of phenolic OH excluding ortho intramolecular Hbond substituents is 1. The summed E-state index contributed by atoms with van der Waals surface area (Å²) in [5, 5.41) is 10.1. The molecule has 7 heteroatoms. The number of fused-ring (bicyclic) bond motifs is 1. The van der Waals surface area contributed by atoms with Gasteiger partial charge in [0.25, 0.3) is 0 Å². The lowest BCUT2D eigenvalue weighted by Gasteiger charge is -2.06. The number of halogens is 3. The van der Waals surface area contributed by atoms with Crippen LogP contribution in [0.15, 0.2) is 36.4 Å². The Balaban J connectivity index is 1.95. The number of aromatic hydroxyl groups is 1. The number of nitrogens with zero attached hydrogens (tertiary/aromatic N) is 1. The number of unbranched alkanes of at least 4 members (excludes halogenated alkanes) is 2. The first-order valence-corrected chi connectivity index (χ1v) is 8.73. The molecule has 0 atom stereocenters. The van der Waals surface area contributed by atoms with E-state index in [0.717, 1.165) is 31.4 Å². The number of imidazole rings is 1. The van der Waals surface area contributed by atoms with Crippen molar-refractivity contribution in [2.45, 2.75) is 38.8 Å². The van der Waals surface area contributed by atoms with Crippen molar-refractivity contribution in [3.05, 3.63) is 47.5 Å².